The minimum Gasteiger partial charge on any atom is -0.317 e. The molecule has 1 spiro atoms. The molecule has 1 saturated heterocycles. The van der Waals surface area contributed by atoms with Crippen molar-refractivity contribution in [3.8, 4) is 0 Å². The first-order chi connectivity index (χ1) is 10.2. The molecule has 2 aliphatic rings. The van der Waals surface area contributed by atoms with Crippen molar-refractivity contribution in [3.63, 3.8) is 0 Å². The second-order valence-corrected chi connectivity index (χ2v) is 6.54. The van der Waals surface area contributed by atoms with Crippen LogP contribution in [0, 0.1) is 0 Å². The Bertz CT molecular complexity index is 603. The summed E-state index contributed by atoms with van der Waals surface area (Å²) in [6.07, 6.45) is 13.1. The zero-order valence-corrected chi connectivity index (χ0v) is 14.8. The van der Waals surface area contributed by atoms with E-state index in [9.17, 15) is 0 Å². The third kappa shape index (κ3) is 2.28. The van der Waals surface area contributed by atoms with E-state index >= 15 is 0 Å². The van der Waals surface area contributed by atoms with E-state index < -0.39 is 0 Å². The lowest BCUT2D eigenvalue weighted by Crippen LogP contribution is -2.51. The van der Waals surface area contributed by atoms with Crippen LogP contribution in [0.15, 0.2) is 48.3 Å². The molecular formula is C17H22IN3. The van der Waals surface area contributed by atoms with E-state index in [4.69, 9.17) is 0 Å². The molecule has 3 nitrogen and oxygen atoms in total. The fourth-order valence-corrected chi connectivity index (χ4v) is 4.69. The van der Waals surface area contributed by atoms with Crippen LogP contribution in [0.3, 0.4) is 0 Å². The Hall–Kier alpha value is -1.01. The van der Waals surface area contributed by atoms with Gasteiger partial charge in [0.1, 0.15) is 0 Å². The zero-order chi connectivity index (χ0) is 14.9. The lowest BCUT2D eigenvalue weighted by molar-refractivity contribution is 0.182. The average molecular weight is 395 g/mol. The monoisotopic (exact) mass is 395 g/mol. The highest BCUT2D eigenvalue weighted by Gasteiger charge is 2.45. The summed E-state index contributed by atoms with van der Waals surface area (Å²) in [5.74, 6) is 0. The van der Waals surface area contributed by atoms with Gasteiger partial charge in [-0.3, -0.25) is 0 Å². The number of halogens is 1. The minimum atomic E-state index is 0.115. The Labute approximate surface area is 140 Å². The van der Waals surface area contributed by atoms with Crippen molar-refractivity contribution in [1.82, 2.24) is 13.0 Å². The number of nitrogens with zero attached hydrogens (tertiary/aromatic N) is 2. The number of aromatic nitrogens is 1. The Balaban J connectivity index is 2.19. The molecule has 3 heterocycles. The fourth-order valence-electron chi connectivity index (χ4n) is 3.43. The van der Waals surface area contributed by atoms with Gasteiger partial charge in [0, 0.05) is 11.9 Å². The summed E-state index contributed by atoms with van der Waals surface area (Å²) in [6, 6.07) is 4.46. The smallest absolute Gasteiger partial charge is 0.0927 e. The van der Waals surface area contributed by atoms with Crippen molar-refractivity contribution in [3.05, 3.63) is 54.0 Å². The number of piperidine rings is 1. The molecule has 1 fully saturated rings. The third-order valence-electron chi connectivity index (χ3n) is 4.49. The molecule has 2 aliphatic heterocycles. The molecule has 0 amide bonds. The van der Waals surface area contributed by atoms with Crippen molar-refractivity contribution in [2.75, 3.05) is 13.1 Å². The molecule has 0 radical (unpaired) electrons. The van der Waals surface area contributed by atoms with Crippen LogP contribution >= 0.6 is 22.9 Å². The van der Waals surface area contributed by atoms with Gasteiger partial charge in [-0.1, -0.05) is 18.2 Å². The van der Waals surface area contributed by atoms with Crippen LogP contribution in [0.5, 0.6) is 0 Å². The summed E-state index contributed by atoms with van der Waals surface area (Å²) in [5.41, 5.74) is 4.10. The molecule has 0 unspecified atom stereocenters. The van der Waals surface area contributed by atoms with Gasteiger partial charge in [0.25, 0.3) is 0 Å². The first kappa shape index (κ1) is 14.9. The number of hydrogen-bond donors (Lipinski definition) is 1. The van der Waals surface area contributed by atoms with E-state index in [0.717, 1.165) is 25.9 Å². The van der Waals surface area contributed by atoms with Gasteiger partial charge >= 0.3 is 0 Å². The van der Waals surface area contributed by atoms with Crippen molar-refractivity contribution in [2.24, 2.45) is 0 Å². The Morgan fingerprint density at radius 2 is 2.00 bits per heavy atom. The van der Waals surface area contributed by atoms with E-state index in [1.165, 1.54) is 17.1 Å². The predicted octanol–water partition coefficient (Wildman–Crippen LogP) is 4.05. The summed E-state index contributed by atoms with van der Waals surface area (Å²) in [7, 11) is 0. The summed E-state index contributed by atoms with van der Waals surface area (Å²) < 4.78 is 4.84. The molecule has 112 valence electrons. The molecule has 0 bridgehead atoms. The highest BCUT2D eigenvalue weighted by molar-refractivity contribution is 14.1. The second-order valence-electron chi connectivity index (χ2n) is 5.58. The van der Waals surface area contributed by atoms with Gasteiger partial charge in [0.2, 0.25) is 0 Å². The molecule has 0 atom stereocenters. The zero-order valence-electron chi connectivity index (χ0n) is 12.6. The molecule has 0 aliphatic carbocycles. The molecule has 0 aromatic carbocycles. The van der Waals surface area contributed by atoms with Crippen LogP contribution in [-0.4, -0.2) is 20.8 Å². The SMILES string of the molecule is C\C=C/C=C1\C(=C/C)N(I)C2(CCNCC2)c2cccn21. The van der Waals surface area contributed by atoms with Crippen molar-refractivity contribution >= 4 is 28.6 Å². The number of rotatable bonds is 1. The van der Waals surface area contributed by atoms with Gasteiger partial charge in [0.05, 0.1) is 39.8 Å². The summed E-state index contributed by atoms with van der Waals surface area (Å²) >= 11 is 2.51. The molecule has 21 heavy (non-hydrogen) atoms. The Morgan fingerprint density at radius 1 is 1.24 bits per heavy atom. The predicted molar refractivity (Wildman–Crippen MR) is 96.9 cm³/mol. The van der Waals surface area contributed by atoms with Gasteiger partial charge in [-0.15, -0.1) is 0 Å². The largest absolute Gasteiger partial charge is 0.317 e. The first-order valence-corrected chi connectivity index (χ1v) is 8.55. The van der Waals surface area contributed by atoms with Crippen LogP contribution < -0.4 is 5.32 Å². The van der Waals surface area contributed by atoms with E-state index in [-0.39, 0.29) is 5.54 Å². The molecular weight excluding hydrogens is 373 g/mol. The van der Waals surface area contributed by atoms with Gasteiger partial charge in [-0.05, 0) is 58.0 Å². The van der Waals surface area contributed by atoms with Gasteiger partial charge in [-0.25, -0.2) is 0 Å². The molecule has 0 saturated carbocycles. The minimum absolute atomic E-state index is 0.115. The maximum Gasteiger partial charge on any atom is 0.0927 e. The lowest BCUT2D eigenvalue weighted by Gasteiger charge is -2.49. The highest BCUT2D eigenvalue weighted by atomic mass is 127. The maximum atomic E-state index is 3.49. The fraction of sp³-hybridized carbons (Fsp3) is 0.412. The maximum absolute atomic E-state index is 3.49. The van der Waals surface area contributed by atoms with E-state index in [1.807, 2.05) is 0 Å². The summed E-state index contributed by atoms with van der Waals surface area (Å²) in [6.45, 7) is 6.35. The van der Waals surface area contributed by atoms with E-state index in [1.54, 1.807) is 0 Å². The van der Waals surface area contributed by atoms with Crippen molar-refractivity contribution < 1.29 is 0 Å². The third-order valence-corrected chi connectivity index (χ3v) is 5.93. The van der Waals surface area contributed by atoms with Crippen molar-refractivity contribution in [1.29, 1.82) is 0 Å². The molecule has 1 N–H and O–H groups in total. The van der Waals surface area contributed by atoms with Crippen LogP contribution in [0.2, 0.25) is 0 Å². The molecule has 3 rings (SSSR count). The van der Waals surface area contributed by atoms with Crippen LogP contribution in [0.1, 0.15) is 32.4 Å². The van der Waals surface area contributed by atoms with Crippen LogP contribution in [0.4, 0.5) is 0 Å². The number of nitrogens with one attached hydrogen (secondary N) is 1. The Kier molecular flexibility index (Phi) is 4.26. The van der Waals surface area contributed by atoms with Gasteiger partial charge in [0.15, 0.2) is 0 Å². The standard InChI is InChI=1S/C17H22IN3/c1-3-5-7-15-14(4-2)21(18)17(9-11-19-12-10-17)16-8-6-13-20(15)16/h3-8,13,19H,9-12H2,1-2H3/b5-3-,14-4+,15-7+. The topological polar surface area (TPSA) is 20.2 Å². The normalized spacial score (nSPS) is 25.2. The van der Waals surface area contributed by atoms with Gasteiger partial charge < -0.3 is 13.0 Å². The summed E-state index contributed by atoms with van der Waals surface area (Å²) in [5, 5.41) is 3.49. The average Bonchev–Trinajstić information content (AvgIpc) is 3.01. The molecule has 4 heteroatoms. The second kappa shape index (κ2) is 6.01. The molecule has 1 aromatic rings. The van der Waals surface area contributed by atoms with Crippen LogP contribution in [-0.2, 0) is 5.54 Å². The van der Waals surface area contributed by atoms with Gasteiger partial charge in [-0.2, -0.15) is 0 Å². The number of fused-ring (bicyclic) bond motifs is 2. The number of allylic oxidation sites excluding steroid dienone is 5. The van der Waals surface area contributed by atoms with E-state index in [0.29, 0.717) is 0 Å². The molecule has 1 aromatic heterocycles. The lowest BCUT2D eigenvalue weighted by atomic mass is 9.82. The Morgan fingerprint density at radius 3 is 2.67 bits per heavy atom. The van der Waals surface area contributed by atoms with Crippen LogP contribution in [0.25, 0.3) is 5.70 Å². The summed E-state index contributed by atoms with van der Waals surface area (Å²) in [4.78, 5) is 0. The van der Waals surface area contributed by atoms with E-state index in [2.05, 4.69) is 92.3 Å². The highest BCUT2D eigenvalue weighted by Crippen LogP contribution is 2.48. The quantitative estimate of drug-likeness (QED) is 0.572. The van der Waals surface area contributed by atoms with Crippen molar-refractivity contribution in [2.45, 2.75) is 32.2 Å². The first-order valence-electron chi connectivity index (χ1n) is 7.59. The number of hydrogen-bond acceptors (Lipinski definition) is 2.